The fourth-order valence-electron chi connectivity index (χ4n) is 4.57. The number of allylic oxidation sites excluding steroid dienone is 1. The van der Waals surface area contributed by atoms with E-state index in [1.807, 2.05) is 0 Å². The minimum atomic E-state index is 0.613. The van der Waals surface area contributed by atoms with Crippen LogP contribution in [0.1, 0.15) is 35.1 Å². The van der Waals surface area contributed by atoms with Gasteiger partial charge < -0.3 is 10.2 Å². The maximum atomic E-state index is 3.74. The predicted octanol–water partition coefficient (Wildman–Crippen LogP) is 5.54. The van der Waals surface area contributed by atoms with Crippen molar-refractivity contribution in [2.24, 2.45) is 0 Å². The van der Waals surface area contributed by atoms with Gasteiger partial charge in [-0.05, 0) is 59.2 Å². The van der Waals surface area contributed by atoms with Crippen LogP contribution in [0.2, 0.25) is 0 Å². The Balaban J connectivity index is 1.20. The molecule has 1 fully saturated rings. The summed E-state index contributed by atoms with van der Waals surface area (Å²) in [7, 11) is 0. The van der Waals surface area contributed by atoms with Crippen molar-refractivity contribution in [2.75, 3.05) is 18.0 Å². The quantitative estimate of drug-likeness (QED) is 0.625. The number of nitrogens with zero attached hydrogens (tertiary/aromatic N) is 1. The Labute approximate surface area is 173 Å². The second-order valence-electron chi connectivity index (χ2n) is 8.22. The SMILES string of the molecule is C1=C(c2cccc(N3CCC(NCc4ccccc4)CC3)c2)Cc2ccccc21. The maximum absolute atomic E-state index is 3.74. The number of fused-ring (bicyclic) bond motifs is 1. The summed E-state index contributed by atoms with van der Waals surface area (Å²) >= 11 is 0. The van der Waals surface area contributed by atoms with Crippen LogP contribution in [0.15, 0.2) is 78.9 Å². The van der Waals surface area contributed by atoms with Gasteiger partial charge in [-0.2, -0.15) is 0 Å². The normalized spacial score (nSPS) is 16.6. The number of anilines is 1. The van der Waals surface area contributed by atoms with Gasteiger partial charge in [0.1, 0.15) is 0 Å². The highest BCUT2D eigenvalue weighted by molar-refractivity contribution is 5.89. The molecule has 0 atom stereocenters. The molecule has 0 bridgehead atoms. The molecule has 1 N–H and O–H groups in total. The summed E-state index contributed by atoms with van der Waals surface area (Å²) in [6.07, 6.45) is 5.80. The van der Waals surface area contributed by atoms with Gasteiger partial charge in [0.2, 0.25) is 0 Å². The monoisotopic (exact) mass is 380 g/mol. The molecule has 0 amide bonds. The topological polar surface area (TPSA) is 15.3 Å². The summed E-state index contributed by atoms with van der Waals surface area (Å²) in [5.74, 6) is 0. The Kier molecular flexibility index (Phi) is 5.19. The molecule has 2 heteroatoms. The van der Waals surface area contributed by atoms with Gasteiger partial charge in [0.25, 0.3) is 0 Å². The van der Waals surface area contributed by atoms with E-state index in [-0.39, 0.29) is 0 Å². The Bertz CT molecular complexity index is 998. The van der Waals surface area contributed by atoms with E-state index < -0.39 is 0 Å². The number of rotatable bonds is 5. The molecule has 1 saturated heterocycles. The summed E-state index contributed by atoms with van der Waals surface area (Å²) in [5, 5.41) is 3.74. The van der Waals surface area contributed by atoms with Crippen molar-refractivity contribution in [3.8, 4) is 0 Å². The molecule has 0 spiro atoms. The fourth-order valence-corrected chi connectivity index (χ4v) is 4.57. The van der Waals surface area contributed by atoms with Crippen molar-refractivity contribution in [3.05, 3.63) is 101 Å². The van der Waals surface area contributed by atoms with E-state index in [9.17, 15) is 0 Å². The van der Waals surface area contributed by atoms with Crippen LogP contribution in [0.25, 0.3) is 11.6 Å². The van der Waals surface area contributed by atoms with Crippen molar-refractivity contribution < 1.29 is 0 Å². The molecule has 2 aliphatic rings. The highest BCUT2D eigenvalue weighted by Crippen LogP contribution is 2.33. The fraction of sp³-hybridized carbons (Fsp3) is 0.259. The van der Waals surface area contributed by atoms with Crippen LogP contribution in [-0.2, 0) is 13.0 Å². The van der Waals surface area contributed by atoms with E-state index in [2.05, 4.69) is 95.2 Å². The number of piperidine rings is 1. The molecule has 0 saturated carbocycles. The van der Waals surface area contributed by atoms with Crippen molar-refractivity contribution in [2.45, 2.75) is 31.8 Å². The van der Waals surface area contributed by atoms with Gasteiger partial charge in [0, 0.05) is 31.4 Å². The third-order valence-electron chi connectivity index (χ3n) is 6.28. The number of nitrogens with one attached hydrogen (secondary N) is 1. The molecule has 1 aliphatic carbocycles. The lowest BCUT2D eigenvalue weighted by Crippen LogP contribution is -2.42. The highest BCUT2D eigenvalue weighted by Gasteiger charge is 2.20. The average molecular weight is 381 g/mol. The molecule has 3 aromatic rings. The van der Waals surface area contributed by atoms with Gasteiger partial charge >= 0.3 is 0 Å². The van der Waals surface area contributed by atoms with E-state index >= 15 is 0 Å². The Morgan fingerprint density at radius 2 is 1.62 bits per heavy atom. The summed E-state index contributed by atoms with van der Waals surface area (Å²) in [6, 6.07) is 29.2. The molecule has 3 aromatic carbocycles. The van der Waals surface area contributed by atoms with Gasteiger partial charge in [-0.25, -0.2) is 0 Å². The average Bonchev–Trinajstić information content (AvgIpc) is 3.23. The second kappa shape index (κ2) is 8.26. The zero-order chi connectivity index (χ0) is 19.5. The van der Waals surface area contributed by atoms with Crippen LogP contribution < -0.4 is 10.2 Å². The maximum Gasteiger partial charge on any atom is 0.0372 e. The van der Waals surface area contributed by atoms with Crippen LogP contribution in [0.4, 0.5) is 5.69 Å². The molecule has 146 valence electrons. The summed E-state index contributed by atoms with van der Waals surface area (Å²) < 4.78 is 0. The number of hydrogen-bond acceptors (Lipinski definition) is 2. The second-order valence-corrected chi connectivity index (χ2v) is 8.22. The van der Waals surface area contributed by atoms with Gasteiger partial charge in [0.15, 0.2) is 0 Å². The summed E-state index contributed by atoms with van der Waals surface area (Å²) in [4.78, 5) is 2.55. The smallest absolute Gasteiger partial charge is 0.0372 e. The van der Waals surface area contributed by atoms with Crippen molar-refractivity contribution in [1.29, 1.82) is 0 Å². The molecular formula is C27H28N2. The van der Waals surface area contributed by atoms with E-state index in [0.29, 0.717) is 6.04 Å². The lowest BCUT2D eigenvalue weighted by molar-refractivity contribution is 0.414. The number of benzene rings is 3. The predicted molar refractivity (Wildman–Crippen MR) is 123 cm³/mol. The summed E-state index contributed by atoms with van der Waals surface area (Å²) in [6.45, 7) is 3.21. The first-order chi connectivity index (χ1) is 14.3. The largest absolute Gasteiger partial charge is 0.371 e. The number of hydrogen-bond donors (Lipinski definition) is 1. The molecular weight excluding hydrogens is 352 g/mol. The van der Waals surface area contributed by atoms with Crippen LogP contribution >= 0.6 is 0 Å². The lowest BCUT2D eigenvalue weighted by Gasteiger charge is -2.34. The molecule has 0 unspecified atom stereocenters. The molecule has 0 aromatic heterocycles. The van der Waals surface area contributed by atoms with E-state index in [4.69, 9.17) is 0 Å². The van der Waals surface area contributed by atoms with Gasteiger partial charge in [-0.1, -0.05) is 72.8 Å². The van der Waals surface area contributed by atoms with Gasteiger partial charge in [-0.15, -0.1) is 0 Å². The Hall–Kier alpha value is -2.84. The van der Waals surface area contributed by atoms with Crippen LogP contribution in [0.5, 0.6) is 0 Å². The van der Waals surface area contributed by atoms with E-state index in [0.717, 1.165) is 26.1 Å². The lowest BCUT2D eigenvalue weighted by atomic mass is 10.0. The van der Waals surface area contributed by atoms with E-state index in [1.54, 1.807) is 0 Å². The first-order valence-corrected chi connectivity index (χ1v) is 10.8. The minimum absolute atomic E-state index is 0.613. The Morgan fingerprint density at radius 1 is 0.828 bits per heavy atom. The molecule has 29 heavy (non-hydrogen) atoms. The molecule has 5 rings (SSSR count). The minimum Gasteiger partial charge on any atom is -0.371 e. The molecule has 2 nitrogen and oxygen atoms in total. The van der Waals surface area contributed by atoms with Crippen molar-refractivity contribution in [1.82, 2.24) is 5.32 Å². The third-order valence-corrected chi connectivity index (χ3v) is 6.28. The van der Waals surface area contributed by atoms with Gasteiger partial charge in [-0.3, -0.25) is 0 Å². The first kappa shape index (κ1) is 18.2. The summed E-state index contributed by atoms with van der Waals surface area (Å²) in [5.41, 5.74) is 8.35. The molecule has 1 aliphatic heterocycles. The van der Waals surface area contributed by atoms with Crippen LogP contribution in [0.3, 0.4) is 0 Å². The van der Waals surface area contributed by atoms with Gasteiger partial charge in [0.05, 0.1) is 0 Å². The Morgan fingerprint density at radius 3 is 2.45 bits per heavy atom. The zero-order valence-corrected chi connectivity index (χ0v) is 16.9. The third kappa shape index (κ3) is 4.13. The highest BCUT2D eigenvalue weighted by atomic mass is 15.1. The van der Waals surface area contributed by atoms with Crippen molar-refractivity contribution in [3.63, 3.8) is 0 Å². The van der Waals surface area contributed by atoms with Crippen LogP contribution in [-0.4, -0.2) is 19.1 Å². The van der Waals surface area contributed by atoms with Crippen LogP contribution in [0, 0.1) is 0 Å². The molecule has 1 heterocycles. The standard InChI is InChI=1S/C27H28N2/c1-2-7-21(8-3-1)20-28-26-13-15-29(16-14-26)27-12-6-11-24(19-27)25-17-22-9-4-5-10-23(22)18-25/h1-12,17,19,26,28H,13-16,18,20H2. The first-order valence-electron chi connectivity index (χ1n) is 10.8. The van der Waals surface area contributed by atoms with E-state index in [1.165, 1.54) is 46.4 Å². The molecule has 0 radical (unpaired) electrons. The zero-order valence-electron chi connectivity index (χ0n) is 16.9. The van der Waals surface area contributed by atoms with Crippen molar-refractivity contribution >= 4 is 17.3 Å².